The number of hydrogen-bond acceptors (Lipinski definition) is 7. The van der Waals surface area contributed by atoms with Gasteiger partial charge in [-0.2, -0.15) is 0 Å². The van der Waals surface area contributed by atoms with Gasteiger partial charge in [0, 0.05) is 33.2 Å². The second kappa shape index (κ2) is 15.2. The Morgan fingerprint density at radius 3 is 2.42 bits per heavy atom. The molecule has 0 saturated carbocycles. The molecule has 4 rings (SSSR count). The van der Waals surface area contributed by atoms with Crippen molar-refractivity contribution in [2.24, 2.45) is 5.92 Å². The molecule has 0 unspecified atom stereocenters. The van der Waals surface area contributed by atoms with E-state index in [2.05, 4.69) is 16.0 Å². The standard InChI is InChI=1S/C28H41N5O7/c1-19(2)14-23-28(38)33(12-13-39-3)17-24(34)30-22(27(37)29-16-26(36)32-10-4-5-11-32)15-20-6-8-21(9-7-20)40-18-25(35)31-23/h6-9,19,22-23H,4-5,10-18H2,1-3H3,(H,29,37)(H,30,34)(H,31,35)/t22-,23+/m1/s1. The smallest absolute Gasteiger partial charge is 0.258 e. The number of likely N-dealkylation sites (tertiary alicyclic amines) is 1. The molecule has 3 heterocycles. The number of carbonyl (C=O) groups is 5. The molecule has 0 aromatic heterocycles. The predicted molar refractivity (Wildman–Crippen MR) is 146 cm³/mol. The van der Waals surface area contributed by atoms with Crippen molar-refractivity contribution in [2.75, 3.05) is 53.0 Å². The topological polar surface area (TPSA) is 146 Å². The molecule has 1 saturated heterocycles. The van der Waals surface area contributed by atoms with Crippen molar-refractivity contribution in [3.05, 3.63) is 29.8 Å². The van der Waals surface area contributed by atoms with E-state index in [9.17, 15) is 24.0 Å². The molecule has 3 aliphatic rings. The fourth-order valence-electron chi connectivity index (χ4n) is 4.71. The quantitative estimate of drug-likeness (QED) is 0.376. The van der Waals surface area contributed by atoms with Crippen LogP contribution < -0.4 is 20.7 Å². The van der Waals surface area contributed by atoms with Gasteiger partial charge in [-0.25, -0.2) is 0 Å². The molecule has 5 amide bonds. The summed E-state index contributed by atoms with van der Waals surface area (Å²) in [6, 6.07) is 4.99. The minimum Gasteiger partial charge on any atom is -0.484 e. The second-order valence-corrected chi connectivity index (χ2v) is 10.6. The summed E-state index contributed by atoms with van der Waals surface area (Å²) in [4.78, 5) is 68.0. The van der Waals surface area contributed by atoms with Crippen molar-refractivity contribution in [1.29, 1.82) is 0 Å². The summed E-state index contributed by atoms with van der Waals surface area (Å²) < 4.78 is 10.7. The Labute approximate surface area is 235 Å². The van der Waals surface area contributed by atoms with Gasteiger partial charge in [-0.3, -0.25) is 24.0 Å². The van der Waals surface area contributed by atoms with E-state index in [0.717, 1.165) is 18.4 Å². The van der Waals surface area contributed by atoms with E-state index in [4.69, 9.17) is 9.47 Å². The molecule has 220 valence electrons. The molecular weight excluding hydrogens is 518 g/mol. The fourth-order valence-corrected chi connectivity index (χ4v) is 4.71. The third kappa shape index (κ3) is 9.51. The molecule has 1 aromatic rings. The zero-order chi connectivity index (χ0) is 29.1. The Balaban J connectivity index is 1.83. The number of carbonyl (C=O) groups excluding carboxylic acids is 5. The van der Waals surface area contributed by atoms with Gasteiger partial charge < -0.3 is 35.2 Å². The number of nitrogens with zero attached hydrogens (tertiary/aromatic N) is 2. The van der Waals surface area contributed by atoms with Crippen molar-refractivity contribution in [3.8, 4) is 5.75 Å². The van der Waals surface area contributed by atoms with E-state index in [0.29, 0.717) is 25.3 Å². The van der Waals surface area contributed by atoms with Crippen LogP contribution in [0.4, 0.5) is 0 Å². The van der Waals surface area contributed by atoms with Crippen LogP contribution in [0.5, 0.6) is 5.75 Å². The second-order valence-electron chi connectivity index (χ2n) is 10.6. The number of methoxy groups -OCH3 is 1. The lowest BCUT2D eigenvalue weighted by molar-refractivity contribution is -0.141. The van der Waals surface area contributed by atoms with Crippen LogP contribution in [-0.4, -0.2) is 104 Å². The lowest BCUT2D eigenvalue weighted by Gasteiger charge is -2.29. The molecule has 0 radical (unpaired) electrons. The number of ether oxygens (including phenoxy) is 2. The van der Waals surface area contributed by atoms with E-state index >= 15 is 0 Å². The maximum atomic E-state index is 13.5. The van der Waals surface area contributed by atoms with Crippen molar-refractivity contribution in [1.82, 2.24) is 25.8 Å². The Morgan fingerprint density at radius 2 is 1.77 bits per heavy atom. The Hall–Kier alpha value is -3.67. The highest BCUT2D eigenvalue weighted by atomic mass is 16.5. The fraction of sp³-hybridized carbons (Fsp3) is 0.607. The maximum absolute atomic E-state index is 13.5. The summed E-state index contributed by atoms with van der Waals surface area (Å²) in [5.74, 6) is -1.56. The Kier molecular flexibility index (Phi) is 11.7. The molecule has 0 spiro atoms. The van der Waals surface area contributed by atoms with Gasteiger partial charge in [-0.1, -0.05) is 26.0 Å². The minimum absolute atomic E-state index is 0.0859. The monoisotopic (exact) mass is 559 g/mol. The van der Waals surface area contributed by atoms with Gasteiger partial charge in [0.05, 0.1) is 19.7 Å². The van der Waals surface area contributed by atoms with Crippen LogP contribution in [-0.2, 0) is 35.1 Å². The number of fused-ring (bicyclic) bond motifs is 13. The molecule has 1 aromatic carbocycles. The van der Waals surface area contributed by atoms with Crippen LogP contribution >= 0.6 is 0 Å². The number of rotatable bonds is 8. The van der Waals surface area contributed by atoms with Gasteiger partial charge in [0.1, 0.15) is 17.8 Å². The van der Waals surface area contributed by atoms with Gasteiger partial charge in [-0.05, 0) is 42.9 Å². The maximum Gasteiger partial charge on any atom is 0.258 e. The highest BCUT2D eigenvalue weighted by Crippen LogP contribution is 2.15. The molecule has 1 fully saturated rings. The first-order valence-corrected chi connectivity index (χ1v) is 13.8. The third-order valence-corrected chi connectivity index (χ3v) is 6.81. The van der Waals surface area contributed by atoms with E-state index in [1.165, 1.54) is 12.0 Å². The summed E-state index contributed by atoms with van der Waals surface area (Å²) in [5.41, 5.74) is 0.736. The third-order valence-electron chi connectivity index (χ3n) is 6.81. The Morgan fingerprint density at radius 1 is 1.07 bits per heavy atom. The van der Waals surface area contributed by atoms with Crippen LogP contribution in [0.3, 0.4) is 0 Å². The average molecular weight is 560 g/mol. The van der Waals surface area contributed by atoms with Crippen LogP contribution in [0.25, 0.3) is 0 Å². The van der Waals surface area contributed by atoms with Crippen molar-refractivity contribution in [2.45, 2.75) is 51.6 Å². The minimum atomic E-state index is -0.982. The summed E-state index contributed by atoms with van der Waals surface area (Å²) in [7, 11) is 1.49. The molecule has 40 heavy (non-hydrogen) atoms. The van der Waals surface area contributed by atoms with Crippen molar-refractivity contribution in [3.63, 3.8) is 0 Å². The molecule has 3 aliphatic heterocycles. The molecular formula is C28H41N5O7. The van der Waals surface area contributed by atoms with Gasteiger partial charge in [0.25, 0.3) is 5.91 Å². The number of benzene rings is 1. The van der Waals surface area contributed by atoms with Crippen LogP contribution in [0.15, 0.2) is 24.3 Å². The predicted octanol–water partition coefficient (Wildman–Crippen LogP) is -0.149. The first kappa shape index (κ1) is 30.9. The first-order valence-electron chi connectivity index (χ1n) is 13.8. The van der Waals surface area contributed by atoms with Gasteiger partial charge >= 0.3 is 0 Å². The van der Waals surface area contributed by atoms with E-state index in [-0.39, 0.29) is 51.1 Å². The lowest BCUT2D eigenvalue weighted by Crippen LogP contribution is -2.55. The summed E-state index contributed by atoms with van der Waals surface area (Å²) in [6.45, 7) is 4.73. The zero-order valence-electron chi connectivity index (χ0n) is 23.6. The highest BCUT2D eigenvalue weighted by Gasteiger charge is 2.30. The molecule has 2 atom stereocenters. The number of nitrogens with one attached hydrogen (secondary N) is 3. The summed E-state index contributed by atoms with van der Waals surface area (Å²) >= 11 is 0. The lowest BCUT2D eigenvalue weighted by atomic mass is 10.0. The SMILES string of the molecule is COCCN1CC(=O)N[C@@H](C(=O)NCC(=O)N2CCCC2)Cc2ccc(cc2)OCC(=O)N[C@@H](CC(C)C)C1=O. The Bertz CT molecular complexity index is 1040. The molecule has 3 N–H and O–H groups in total. The van der Waals surface area contributed by atoms with Gasteiger partial charge in [0.15, 0.2) is 6.61 Å². The normalized spacial score (nSPS) is 20.8. The zero-order valence-corrected chi connectivity index (χ0v) is 23.6. The molecule has 2 bridgehead atoms. The van der Waals surface area contributed by atoms with Crippen molar-refractivity contribution < 1.29 is 33.4 Å². The summed E-state index contributed by atoms with van der Waals surface area (Å²) in [6.07, 6.45) is 2.40. The molecule has 12 heteroatoms. The highest BCUT2D eigenvalue weighted by molar-refractivity contribution is 5.94. The average Bonchev–Trinajstić information content (AvgIpc) is 3.47. The van der Waals surface area contributed by atoms with Crippen LogP contribution in [0, 0.1) is 5.92 Å². The van der Waals surface area contributed by atoms with Crippen LogP contribution in [0.2, 0.25) is 0 Å². The number of hydrogen-bond donors (Lipinski definition) is 3. The number of amides is 5. The van der Waals surface area contributed by atoms with Crippen LogP contribution in [0.1, 0.15) is 38.7 Å². The van der Waals surface area contributed by atoms with E-state index in [1.54, 1.807) is 29.2 Å². The molecule has 12 nitrogen and oxygen atoms in total. The summed E-state index contributed by atoms with van der Waals surface area (Å²) in [5, 5.41) is 8.15. The van der Waals surface area contributed by atoms with Crippen molar-refractivity contribution >= 4 is 29.5 Å². The first-order chi connectivity index (χ1) is 19.2. The van der Waals surface area contributed by atoms with Gasteiger partial charge in [-0.15, -0.1) is 0 Å². The molecule has 0 aliphatic carbocycles. The van der Waals surface area contributed by atoms with E-state index in [1.807, 2.05) is 13.8 Å². The van der Waals surface area contributed by atoms with E-state index < -0.39 is 35.7 Å². The largest absolute Gasteiger partial charge is 0.484 e. The van der Waals surface area contributed by atoms with Gasteiger partial charge in [0.2, 0.25) is 23.6 Å².